The van der Waals surface area contributed by atoms with Gasteiger partial charge in [0, 0.05) is 10.2 Å². The summed E-state index contributed by atoms with van der Waals surface area (Å²) in [6.07, 6.45) is 1.09. The van der Waals surface area contributed by atoms with Crippen LogP contribution in [0.25, 0.3) is 0 Å². The molecule has 0 bridgehead atoms. The molecule has 0 saturated heterocycles. The standard InChI is InChI=1S/C13H16BrFN2S/c1-8(2)11-5-6-18-13(16-11)17-12-7-9(14)3-4-10(12)15/h3-4,7-8,11H,5-6H2,1-2H3,(H,16,17). The van der Waals surface area contributed by atoms with Crippen molar-refractivity contribution in [3.8, 4) is 0 Å². The fourth-order valence-electron chi connectivity index (χ4n) is 1.79. The van der Waals surface area contributed by atoms with Crippen LogP contribution in [0.3, 0.4) is 0 Å². The Morgan fingerprint density at radius 1 is 1.50 bits per heavy atom. The molecule has 1 aliphatic rings. The smallest absolute Gasteiger partial charge is 0.161 e. The third kappa shape index (κ3) is 3.48. The largest absolute Gasteiger partial charge is 0.333 e. The van der Waals surface area contributed by atoms with Crippen LogP contribution in [-0.2, 0) is 0 Å². The average molecular weight is 331 g/mol. The lowest BCUT2D eigenvalue weighted by Gasteiger charge is -2.23. The minimum absolute atomic E-state index is 0.256. The molecule has 0 spiro atoms. The van der Waals surface area contributed by atoms with Crippen LogP contribution in [0.15, 0.2) is 27.7 Å². The second-order valence-corrected chi connectivity index (χ2v) is 6.63. The maximum atomic E-state index is 13.6. The lowest BCUT2D eigenvalue weighted by atomic mass is 10.0. The van der Waals surface area contributed by atoms with Gasteiger partial charge in [0.25, 0.3) is 0 Å². The molecule has 5 heteroatoms. The van der Waals surface area contributed by atoms with E-state index in [1.807, 2.05) is 0 Å². The second kappa shape index (κ2) is 6.06. The Bertz CT molecular complexity index is 462. The van der Waals surface area contributed by atoms with E-state index >= 15 is 0 Å². The molecule has 0 aliphatic carbocycles. The SMILES string of the molecule is CC(C)C1CCSC(Nc2cc(Br)ccc2F)=N1. The summed E-state index contributed by atoms with van der Waals surface area (Å²) in [4.78, 5) is 4.63. The van der Waals surface area contributed by atoms with Crippen LogP contribution in [0.2, 0.25) is 0 Å². The van der Waals surface area contributed by atoms with Gasteiger partial charge < -0.3 is 5.32 Å². The number of hydrogen-bond acceptors (Lipinski definition) is 3. The van der Waals surface area contributed by atoms with Crippen molar-refractivity contribution in [1.82, 2.24) is 0 Å². The van der Waals surface area contributed by atoms with Crippen molar-refractivity contribution in [3.63, 3.8) is 0 Å². The highest BCUT2D eigenvalue weighted by Gasteiger charge is 2.19. The molecule has 2 rings (SSSR count). The van der Waals surface area contributed by atoms with Gasteiger partial charge in [0.15, 0.2) is 5.17 Å². The Kier molecular flexibility index (Phi) is 4.67. The van der Waals surface area contributed by atoms with Gasteiger partial charge in [-0.05, 0) is 30.5 Å². The van der Waals surface area contributed by atoms with Gasteiger partial charge in [-0.2, -0.15) is 0 Å². The van der Waals surface area contributed by atoms with Gasteiger partial charge in [-0.1, -0.05) is 41.5 Å². The Labute approximate surface area is 120 Å². The lowest BCUT2D eigenvalue weighted by Crippen LogP contribution is -2.24. The number of anilines is 1. The normalized spacial score (nSPS) is 19.8. The highest BCUT2D eigenvalue weighted by molar-refractivity contribution is 9.10. The molecule has 1 atom stereocenters. The fraction of sp³-hybridized carbons (Fsp3) is 0.462. The summed E-state index contributed by atoms with van der Waals surface area (Å²) in [5.74, 6) is 1.30. The molecule has 0 radical (unpaired) electrons. The van der Waals surface area contributed by atoms with Crippen LogP contribution < -0.4 is 5.32 Å². The Morgan fingerprint density at radius 2 is 2.28 bits per heavy atom. The summed E-state index contributed by atoms with van der Waals surface area (Å²) in [5, 5.41) is 3.90. The fourth-order valence-corrected chi connectivity index (χ4v) is 3.09. The topological polar surface area (TPSA) is 24.4 Å². The highest BCUT2D eigenvalue weighted by atomic mass is 79.9. The Balaban J connectivity index is 2.15. The van der Waals surface area contributed by atoms with Crippen molar-refractivity contribution < 1.29 is 4.39 Å². The Morgan fingerprint density at radius 3 is 3.00 bits per heavy atom. The van der Waals surface area contributed by atoms with Crippen molar-refractivity contribution in [2.75, 3.05) is 11.1 Å². The first-order chi connectivity index (χ1) is 8.56. The quantitative estimate of drug-likeness (QED) is 0.862. The van der Waals surface area contributed by atoms with Crippen molar-refractivity contribution in [1.29, 1.82) is 0 Å². The molecule has 18 heavy (non-hydrogen) atoms. The van der Waals surface area contributed by atoms with Gasteiger partial charge in [0.1, 0.15) is 5.82 Å². The average Bonchev–Trinajstić information content (AvgIpc) is 2.34. The number of aliphatic imine (C=N–C) groups is 1. The molecule has 98 valence electrons. The van der Waals surface area contributed by atoms with E-state index in [9.17, 15) is 4.39 Å². The Hall–Kier alpha value is -0.550. The van der Waals surface area contributed by atoms with Crippen LogP contribution in [0.1, 0.15) is 20.3 Å². The molecule has 1 N–H and O–H groups in total. The molecule has 1 aromatic rings. The van der Waals surface area contributed by atoms with Gasteiger partial charge in [-0.3, -0.25) is 4.99 Å². The monoisotopic (exact) mass is 330 g/mol. The third-order valence-corrected chi connectivity index (χ3v) is 4.29. The summed E-state index contributed by atoms with van der Waals surface area (Å²) in [6.45, 7) is 4.34. The number of halogens is 2. The van der Waals surface area contributed by atoms with Crippen LogP contribution in [-0.4, -0.2) is 17.0 Å². The number of nitrogens with zero attached hydrogens (tertiary/aromatic N) is 1. The summed E-state index contributed by atoms with van der Waals surface area (Å²) < 4.78 is 14.5. The van der Waals surface area contributed by atoms with Gasteiger partial charge >= 0.3 is 0 Å². The van der Waals surface area contributed by atoms with E-state index in [2.05, 4.69) is 40.1 Å². The molecule has 0 fully saturated rings. The highest BCUT2D eigenvalue weighted by Crippen LogP contribution is 2.26. The number of rotatable bonds is 2. The minimum Gasteiger partial charge on any atom is -0.333 e. The second-order valence-electron chi connectivity index (χ2n) is 4.63. The van der Waals surface area contributed by atoms with Crippen LogP contribution in [0, 0.1) is 11.7 Å². The zero-order valence-corrected chi connectivity index (χ0v) is 12.8. The van der Waals surface area contributed by atoms with Crippen LogP contribution in [0.4, 0.5) is 10.1 Å². The maximum absolute atomic E-state index is 13.6. The molecule has 0 amide bonds. The zero-order valence-electron chi connectivity index (χ0n) is 10.4. The van der Waals surface area contributed by atoms with Gasteiger partial charge in [-0.15, -0.1) is 0 Å². The van der Waals surface area contributed by atoms with Crippen molar-refractivity contribution in [2.24, 2.45) is 10.9 Å². The van der Waals surface area contributed by atoms with Crippen LogP contribution >= 0.6 is 27.7 Å². The first-order valence-corrected chi connectivity index (χ1v) is 7.77. The van der Waals surface area contributed by atoms with E-state index in [0.29, 0.717) is 17.6 Å². The molecule has 2 nitrogen and oxygen atoms in total. The van der Waals surface area contributed by atoms with E-state index < -0.39 is 0 Å². The van der Waals surface area contributed by atoms with E-state index in [1.54, 1.807) is 23.9 Å². The first kappa shape index (κ1) is 13.9. The zero-order chi connectivity index (χ0) is 13.1. The number of hydrogen-bond donors (Lipinski definition) is 1. The van der Waals surface area contributed by atoms with E-state index in [0.717, 1.165) is 21.8 Å². The summed E-state index contributed by atoms with van der Waals surface area (Å²) in [5.41, 5.74) is 0.472. The molecule has 0 saturated carbocycles. The third-order valence-electron chi connectivity index (χ3n) is 2.88. The van der Waals surface area contributed by atoms with Gasteiger partial charge in [0.2, 0.25) is 0 Å². The van der Waals surface area contributed by atoms with Crippen LogP contribution in [0.5, 0.6) is 0 Å². The summed E-state index contributed by atoms with van der Waals surface area (Å²) in [7, 11) is 0. The molecule has 1 aliphatic heterocycles. The number of nitrogens with one attached hydrogen (secondary N) is 1. The molecular formula is C13H16BrFN2S. The van der Waals surface area contributed by atoms with E-state index in [-0.39, 0.29) is 5.82 Å². The molecule has 1 heterocycles. The maximum Gasteiger partial charge on any atom is 0.161 e. The molecule has 1 unspecified atom stereocenters. The minimum atomic E-state index is -0.256. The van der Waals surface area contributed by atoms with Crippen molar-refractivity contribution in [2.45, 2.75) is 26.3 Å². The predicted octanol–water partition coefficient (Wildman–Crippen LogP) is 4.52. The molecule has 1 aromatic carbocycles. The molecule has 0 aromatic heterocycles. The van der Waals surface area contributed by atoms with Gasteiger partial charge in [0.05, 0.1) is 11.7 Å². The summed E-state index contributed by atoms with van der Waals surface area (Å²) >= 11 is 4.99. The predicted molar refractivity (Wildman–Crippen MR) is 80.9 cm³/mol. The number of amidine groups is 1. The number of benzene rings is 1. The van der Waals surface area contributed by atoms with Crippen molar-refractivity contribution in [3.05, 3.63) is 28.5 Å². The van der Waals surface area contributed by atoms with Crippen molar-refractivity contribution >= 4 is 38.5 Å². The molecular weight excluding hydrogens is 315 g/mol. The first-order valence-electron chi connectivity index (χ1n) is 5.99. The lowest BCUT2D eigenvalue weighted by molar-refractivity contribution is 0.485. The number of thioether (sulfide) groups is 1. The van der Waals surface area contributed by atoms with Gasteiger partial charge in [-0.25, -0.2) is 4.39 Å². The van der Waals surface area contributed by atoms with E-state index in [1.165, 1.54) is 6.07 Å². The van der Waals surface area contributed by atoms with E-state index in [4.69, 9.17) is 0 Å². The summed E-state index contributed by atoms with van der Waals surface area (Å²) in [6, 6.07) is 5.20.